The molecule has 0 heterocycles. The molecule has 0 saturated heterocycles. The standard InChI is InChI=1S/C10H12O/c1-7-6-8-4-2-3-5-9(8)10(7)11/h4,6,9H,2-3,5H2,1H3. The normalized spacial score (nSPS) is 29.5. The van der Waals surface area contributed by atoms with Gasteiger partial charge in [-0.3, -0.25) is 4.79 Å². The molecule has 2 aliphatic rings. The molecule has 58 valence electrons. The van der Waals surface area contributed by atoms with Crippen LogP contribution in [0.5, 0.6) is 0 Å². The first kappa shape index (κ1) is 6.84. The van der Waals surface area contributed by atoms with Crippen LogP contribution in [0.15, 0.2) is 23.3 Å². The van der Waals surface area contributed by atoms with Crippen LogP contribution in [0.3, 0.4) is 0 Å². The highest BCUT2D eigenvalue weighted by molar-refractivity contribution is 6.02. The molecule has 0 amide bonds. The van der Waals surface area contributed by atoms with Gasteiger partial charge in [-0.05, 0) is 37.3 Å². The van der Waals surface area contributed by atoms with Crippen molar-refractivity contribution in [1.29, 1.82) is 0 Å². The summed E-state index contributed by atoms with van der Waals surface area (Å²) in [4.78, 5) is 11.4. The lowest BCUT2D eigenvalue weighted by Crippen LogP contribution is -2.13. The van der Waals surface area contributed by atoms with Crippen molar-refractivity contribution in [1.82, 2.24) is 0 Å². The van der Waals surface area contributed by atoms with E-state index in [0.717, 1.165) is 18.4 Å². The lowest BCUT2D eigenvalue weighted by Gasteiger charge is -2.14. The lowest BCUT2D eigenvalue weighted by molar-refractivity contribution is -0.117. The average molecular weight is 148 g/mol. The molecule has 0 radical (unpaired) electrons. The van der Waals surface area contributed by atoms with Gasteiger partial charge in [-0.1, -0.05) is 12.2 Å². The van der Waals surface area contributed by atoms with E-state index in [4.69, 9.17) is 0 Å². The molecule has 2 rings (SSSR count). The zero-order valence-electron chi connectivity index (χ0n) is 6.76. The molecule has 0 saturated carbocycles. The van der Waals surface area contributed by atoms with E-state index >= 15 is 0 Å². The predicted octanol–water partition coefficient (Wildman–Crippen LogP) is 2.24. The van der Waals surface area contributed by atoms with Crippen LogP contribution in [0.4, 0.5) is 0 Å². The number of fused-ring (bicyclic) bond motifs is 1. The molecule has 0 spiro atoms. The number of Topliss-reactive ketones (excluding diaryl/α,β-unsaturated/α-hetero) is 1. The van der Waals surface area contributed by atoms with Gasteiger partial charge in [0.1, 0.15) is 0 Å². The molecule has 0 N–H and O–H groups in total. The van der Waals surface area contributed by atoms with Crippen LogP contribution >= 0.6 is 0 Å². The molecule has 0 bridgehead atoms. The zero-order valence-corrected chi connectivity index (χ0v) is 6.76. The molecular weight excluding hydrogens is 136 g/mol. The molecule has 0 aromatic rings. The van der Waals surface area contributed by atoms with E-state index in [0.29, 0.717) is 5.78 Å². The van der Waals surface area contributed by atoms with Gasteiger partial charge >= 0.3 is 0 Å². The Hall–Kier alpha value is -0.850. The van der Waals surface area contributed by atoms with E-state index in [1.54, 1.807) is 0 Å². The van der Waals surface area contributed by atoms with Crippen LogP contribution in [0.25, 0.3) is 0 Å². The maximum absolute atomic E-state index is 11.4. The van der Waals surface area contributed by atoms with Crippen molar-refractivity contribution in [2.75, 3.05) is 0 Å². The molecule has 1 atom stereocenters. The maximum atomic E-state index is 11.4. The Bertz CT molecular complexity index is 258. The summed E-state index contributed by atoms with van der Waals surface area (Å²) in [7, 11) is 0. The molecule has 1 heteroatoms. The predicted molar refractivity (Wildman–Crippen MR) is 44.2 cm³/mol. The Labute approximate surface area is 66.8 Å². The Morgan fingerprint density at radius 2 is 2.36 bits per heavy atom. The van der Waals surface area contributed by atoms with E-state index < -0.39 is 0 Å². The van der Waals surface area contributed by atoms with E-state index in [1.165, 1.54) is 12.0 Å². The summed E-state index contributed by atoms with van der Waals surface area (Å²) < 4.78 is 0. The van der Waals surface area contributed by atoms with Crippen LogP contribution in [0.1, 0.15) is 26.2 Å². The van der Waals surface area contributed by atoms with Crippen LogP contribution in [-0.4, -0.2) is 5.78 Å². The summed E-state index contributed by atoms with van der Waals surface area (Å²) in [6, 6.07) is 0. The number of allylic oxidation sites excluding steroid dienone is 4. The summed E-state index contributed by atoms with van der Waals surface area (Å²) in [5, 5.41) is 0. The molecule has 11 heavy (non-hydrogen) atoms. The lowest BCUT2D eigenvalue weighted by atomic mass is 9.89. The molecule has 0 fully saturated rings. The Kier molecular flexibility index (Phi) is 1.45. The third-order valence-electron chi connectivity index (χ3n) is 2.57. The Balaban J connectivity index is 2.36. The molecule has 0 aromatic carbocycles. The topological polar surface area (TPSA) is 17.1 Å². The molecule has 0 aliphatic heterocycles. The Morgan fingerprint density at radius 3 is 3.09 bits per heavy atom. The van der Waals surface area contributed by atoms with Crippen LogP contribution in [0, 0.1) is 5.92 Å². The number of carbonyl (C=O) groups excluding carboxylic acids is 1. The number of ketones is 1. The zero-order chi connectivity index (χ0) is 7.84. The summed E-state index contributed by atoms with van der Waals surface area (Å²) in [5.41, 5.74) is 2.22. The van der Waals surface area contributed by atoms with Crippen molar-refractivity contribution in [2.24, 2.45) is 5.92 Å². The molecule has 2 aliphatic carbocycles. The van der Waals surface area contributed by atoms with Crippen molar-refractivity contribution in [2.45, 2.75) is 26.2 Å². The first-order chi connectivity index (χ1) is 5.29. The molecule has 1 unspecified atom stereocenters. The quantitative estimate of drug-likeness (QED) is 0.515. The summed E-state index contributed by atoms with van der Waals surface area (Å²) in [6.07, 6.45) is 7.66. The largest absolute Gasteiger partial charge is 0.294 e. The van der Waals surface area contributed by atoms with Crippen molar-refractivity contribution >= 4 is 5.78 Å². The summed E-state index contributed by atoms with van der Waals surface area (Å²) >= 11 is 0. The number of hydrogen-bond donors (Lipinski definition) is 0. The van der Waals surface area contributed by atoms with Crippen LogP contribution < -0.4 is 0 Å². The van der Waals surface area contributed by atoms with Gasteiger partial charge in [-0.25, -0.2) is 0 Å². The average Bonchev–Trinajstić information content (AvgIpc) is 2.30. The minimum Gasteiger partial charge on any atom is -0.294 e. The number of carbonyl (C=O) groups is 1. The maximum Gasteiger partial charge on any atom is 0.166 e. The van der Waals surface area contributed by atoms with E-state index in [-0.39, 0.29) is 5.92 Å². The second kappa shape index (κ2) is 2.33. The molecule has 1 nitrogen and oxygen atoms in total. The molecule has 0 aromatic heterocycles. The first-order valence-corrected chi connectivity index (χ1v) is 4.21. The highest BCUT2D eigenvalue weighted by Crippen LogP contribution is 2.34. The second-order valence-corrected chi connectivity index (χ2v) is 3.38. The monoisotopic (exact) mass is 148 g/mol. The van der Waals surface area contributed by atoms with Gasteiger partial charge < -0.3 is 0 Å². The SMILES string of the molecule is CC1=CC2=CCCCC2C1=O. The van der Waals surface area contributed by atoms with Crippen molar-refractivity contribution < 1.29 is 4.79 Å². The fourth-order valence-corrected chi connectivity index (χ4v) is 1.94. The summed E-state index contributed by atoms with van der Waals surface area (Å²) in [6.45, 7) is 1.92. The third-order valence-corrected chi connectivity index (χ3v) is 2.57. The van der Waals surface area contributed by atoms with Crippen LogP contribution in [-0.2, 0) is 4.79 Å². The van der Waals surface area contributed by atoms with Crippen molar-refractivity contribution in [3.63, 3.8) is 0 Å². The minimum absolute atomic E-state index is 0.240. The number of hydrogen-bond acceptors (Lipinski definition) is 1. The van der Waals surface area contributed by atoms with Crippen LogP contribution in [0.2, 0.25) is 0 Å². The number of rotatable bonds is 0. The third kappa shape index (κ3) is 0.953. The van der Waals surface area contributed by atoms with Gasteiger partial charge in [0.15, 0.2) is 5.78 Å². The minimum atomic E-state index is 0.240. The highest BCUT2D eigenvalue weighted by atomic mass is 16.1. The fraction of sp³-hybridized carbons (Fsp3) is 0.500. The van der Waals surface area contributed by atoms with E-state index in [1.807, 2.05) is 13.0 Å². The highest BCUT2D eigenvalue weighted by Gasteiger charge is 2.29. The fourth-order valence-electron chi connectivity index (χ4n) is 1.94. The Morgan fingerprint density at radius 1 is 1.55 bits per heavy atom. The van der Waals surface area contributed by atoms with Crippen molar-refractivity contribution in [3.05, 3.63) is 23.3 Å². The van der Waals surface area contributed by atoms with Gasteiger partial charge in [0.05, 0.1) is 0 Å². The summed E-state index contributed by atoms with van der Waals surface area (Å²) in [5.74, 6) is 0.597. The van der Waals surface area contributed by atoms with E-state index in [9.17, 15) is 4.79 Å². The van der Waals surface area contributed by atoms with E-state index in [2.05, 4.69) is 6.08 Å². The first-order valence-electron chi connectivity index (χ1n) is 4.21. The second-order valence-electron chi connectivity index (χ2n) is 3.38. The molecular formula is C10H12O. The smallest absolute Gasteiger partial charge is 0.166 e. The van der Waals surface area contributed by atoms with Gasteiger partial charge in [0.25, 0.3) is 0 Å². The van der Waals surface area contributed by atoms with Gasteiger partial charge in [-0.15, -0.1) is 0 Å². The van der Waals surface area contributed by atoms with Gasteiger partial charge in [0, 0.05) is 5.92 Å². The van der Waals surface area contributed by atoms with Gasteiger partial charge in [-0.2, -0.15) is 0 Å². The van der Waals surface area contributed by atoms with Crippen molar-refractivity contribution in [3.8, 4) is 0 Å². The van der Waals surface area contributed by atoms with Gasteiger partial charge in [0.2, 0.25) is 0 Å².